The molecule has 0 unspecified atom stereocenters. The Morgan fingerprint density at radius 2 is 2.31 bits per heavy atom. The molecule has 1 aliphatic carbocycles. The largest absolute Gasteiger partial charge is 0.337 e. The number of nitrogens with zero attached hydrogens (tertiary/aromatic N) is 2. The van der Waals surface area contributed by atoms with E-state index >= 15 is 0 Å². The summed E-state index contributed by atoms with van der Waals surface area (Å²) in [6, 6.07) is 5.15. The van der Waals surface area contributed by atoms with Gasteiger partial charge in [0, 0.05) is 13.1 Å². The van der Waals surface area contributed by atoms with Crippen molar-refractivity contribution in [2.75, 3.05) is 13.1 Å². The van der Waals surface area contributed by atoms with Gasteiger partial charge in [-0.15, -0.1) is 0 Å². The van der Waals surface area contributed by atoms with Crippen LogP contribution in [-0.4, -0.2) is 28.9 Å². The number of halogens is 1. The molecule has 0 radical (unpaired) electrons. The topological polar surface area (TPSA) is 33.2 Å². The fourth-order valence-electron chi connectivity index (χ4n) is 1.66. The maximum absolute atomic E-state index is 12.1. The van der Waals surface area contributed by atoms with Gasteiger partial charge in [0.2, 0.25) is 0 Å². The first kappa shape index (κ1) is 11.4. The summed E-state index contributed by atoms with van der Waals surface area (Å²) in [6.07, 6.45) is 2.49. The van der Waals surface area contributed by atoms with Crippen molar-refractivity contribution in [3.8, 4) is 0 Å². The van der Waals surface area contributed by atoms with Gasteiger partial charge in [-0.1, -0.05) is 17.7 Å². The molecule has 0 aliphatic heterocycles. The number of hydrogen-bond donors (Lipinski definition) is 0. The maximum Gasteiger partial charge on any atom is 0.272 e. The molecule has 1 amide bonds. The summed E-state index contributed by atoms with van der Waals surface area (Å²) in [7, 11) is 0. The number of hydrogen-bond acceptors (Lipinski definition) is 2. The molecule has 0 atom stereocenters. The Labute approximate surface area is 100 Å². The maximum atomic E-state index is 12.1. The van der Waals surface area contributed by atoms with E-state index in [1.165, 1.54) is 12.8 Å². The Balaban J connectivity index is 2.09. The minimum absolute atomic E-state index is 0.0168. The van der Waals surface area contributed by atoms with Gasteiger partial charge >= 0.3 is 0 Å². The third-order valence-corrected chi connectivity index (χ3v) is 2.99. The third-order valence-electron chi connectivity index (χ3n) is 2.78. The highest BCUT2D eigenvalue weighted by Crippen LogP contribution is 2.30. The minimum atomic E-state index is -0.0168. The second-order valence-corrected chi connectivity index (χ2v) is 4.52. The molecular weight excluding hydrogens is 224 g/mol. The first-order valence-electron chi connectivity index (χ1n) is 5.62. The van der Waals surface area contributed by atoms with Crippen molar-refractivity contribution < 1.29 is 4.79 Å². The van der Waals surface area contributed by atoms with E-state index in [0.29, 0.717) is 16.8 Å². The molecular formula is C12H15ClN2O. The molecule has 0 aromatic carbocycles. The van der Waals surface area contributed by atoms with E-state index in [1.807, 2.05) is 11.8 Å². The number of rotatable bonds is 4. The highest BCUT2D eigenvalue weighted by atomic mass is 35.5. The van der Waals surface area contributed by atoms with Crippen molar-refractivity contribution in [2.45, 2.75) is 19.8 Å². The predicted octanol–water partition coefficient (Wildman–Crippen LogP) is 2.61. The van der Waals surface area contributed by atoms with Crippen LogP contribution in [0.2, 0.25) is 5.15 Å². The quantitative estimate of drug-likeness (QED) is 0.756. The molecule has 1 heterocycles. The summed E-state index contributed by atoms with van der Waals surface area (Å²) in [4.78, 5) is 18.0. The average Bonchev–Trinajstić information content (AvgIpc) is 3.09. The molecule has 3 nitrogen and oxygen atoms in total. The van der Waals surface area contributed by atoms with Gasteiger partial charge in [-0.05, 0) is 37.8 Å². The first-order chi connectivity index (χ1) is 7.70. The predicted molar refractivity (Wildman–Crippen MR) is 63.5 cm³/mol. The van der Waals surface area contributed by atoms with Gasteiger partial charge < -0.3 is 4.90 Å². The van der Waals surface area contributed by atoms with Crippen LogP contribution in [0.5, 0.6) is 0 Å². The van der Waals surface area contributed by atoms with Crippen molar-refractivity contribution in [2.24, 2.45) is 5.92 Å². The number of carbonyl (C=O) groups is 1. The lowest BCUT2D eigenvalue weighted by atomic mass is 10.3. The van der Waals surface area contributed by atoms with Crippen molar-refractivity contribution in [1.82, 2.24) is 9.88 Å². The molecule has 1 fully saturated rings. The second kappa shape index (κ2) is 4.83. The monoisotopic (exact) mass is 238 g/mol. The van der Waals surface area contributed by atoms with Crippen LogP contribution in [0.3, 0.4) is 0 Å². The molecule has 1 aromatic rings. The SMILES string of the molecule is CCN(CC1CC1)C(=O)c1cccc(Cl)n1. The van der Waals surface area contributed by atoms with Gasteiger partial charge in [-0.3, -0.25) is 4.79 Å². The number of aromatic nitrogens is 1. The number of carbonyl (C=O) groups excluding carboxylic acids is 1. The zero-order valence-corrected chi connectivity index (χ0v) is 10.1. The molecule has 1 aliphatic rings. The number of pyridine rings is 1. The van der Waals surface area contributed by atoms with Crippen LogP contribution in [0.1, 0.15) is 30.3 Å². The van der Waals surface area contributed by atoms with Crippen LogP contribution in [0.15, 0.2) is 18.2 Å². The van der Waals surface area contributed by atoms with E-state index in [1.54, 1.807) is 18.2 Å². The summed E-state index contributed by atoms with van der Waals surface area (Å²) in [5.74, 6) is 0.681. The average molecular weight is 239 g/mol. The summed E-state index contributed by atoms with van der Waals surface area (Å²) in [5.41, 5.74) is 0.440. The zero-order valence-electron chi connectivity index (χ0n) is 9.32. The molecule has 4 heteroatoms. The van der Waals surface area contributed by atoms with Crippen LogP contribution in [0.25, 0.3) is 0 Å². The van der Waals surface area contributed by atoms with Gasteiger partial charge in [0.15, 0.2) is 0 Å². The van der Waals surface area contributed by atoms with Crippen LogP contribution >= 0.6 is 11.6 Å². The lowest BCUT2D eigenvalue weighted by molar-refractivity contribution is 0.0751. The van der Waals surface area contributed by atoms with Crippen molar-refractivity contribution in [3.63, 3.8) is 0 Å². The van der Waals surface area contributed by atoms with Gasteiger partial charge in [0.1, 0.15) is 10.8 Å². The molecule has 86 valence electrons. The highest BCUT2D eigenvalue weighted by molar-refractivity contribution is 6.29. The van der Waals surface area contributed by atoms with E-state index in [0.717, 1.165) is 13.1 Å². The van der Waals surface area contributed by atoms with E-state index in [2.05, 4.69) is 4.98 Å². The smallest absolute Gasteiger partial charge is 0.272 e. The Morgan fingerprint density at radius 1 is 1.56 bits per heavy atom. The molecule has 2 rings (SSSR count). The summed E-state index contributed by atoms with van der Waals surface area (Å²) >= 11 is 5.77. The Kier molecular flexibility index (Phi) is 3.44. The standard InChI is InChI=1S/C12H15ClN2O/c1-2-15(8-9-6-7-9)12(16)10-4-3-5-11(13)14-10/h3-5,9H,2,6-8H2,1H3. The molecule has 0 saturated heterocycles. The zero-order chi connectivity index (χ0) is 11.5. The summed E-state index contributed by atoms with van der Waals surface area (Å²) in [6.45, 7) is 3.57. The van der Waals surface area contributed by atoms with E-state index in [9.17, 15) is 4.79 Å². The fourth-order valence-corrected chi connectivity index (χ4v) is 1.82. The van der Waals surface area contributed by atoms with Crippen LogP contribution < -0.4 is 0 Å². The summed E-state index contributed by atoms with van der Waals surface area (Å²) < 4.78 is 0. The van der Waals surface area contributed by atoms with E-state index < -0.39 is 0 Å². The highest BCUT2D eigenvalue weighted by Gasteiger charge is 2.26. The molecule has 16 heavy (non-hydrogen) atoms. The van der Waals surface area contributed by atoms with E-state index in [-0.39, 0.29) is 5.91 Å². The molecule has 0 bridgehead atoms. The van der Waals surface area contributed by atoms with Gasteiger partial charge in [-0.25, -0.2) is 4.98 Å². The lowest BCUT2D eigenvalue weighted by Crippen LogP contribution is -2.33. The van der Waals surface area contributed by atoms with Crippen molar-refractivity contribution >= 4 is 17.5 Å². The Hall–Kier alpha value is -1.09. The normalized spacial score (nSPS) is 14.9. The second-order valence-electron chi connectivity index (χ2n) is 4.13. The fraction of sp³-hybridized carbons (Fsp3) is 0.500. The molecule has 1 aromatic heterocycles. The Morgan fingerprint density at radius 3 is 2.88 bits per heavy atom. The Bertz CT molecular complexity index is 390. The lowest BCUT2D eigenvalue weighted by Gasteiger charge is -2.20. The van der Waals surface area contributed by atoms with Gasteiger partial charge in [0.25, 0.3) is 5.91 Å². The third kappa shape index (κ3) is 2.73. The van der Waals surface area contributed by atoms with E-state index in [4.69, 9.17) is 11.6 Å². The van der Waals surface area contributed by atoms with Crippen LogP contribution in [-0.2, 0) is 0 Å². The molecule has 0 N–H and O–H groups in total. The molecule has 0 spiro atoms. The minimum Gasteiger partial charge on any atom is -0.337 e. The van der Waals surface area contributed by atoms with Crippen molar-refractivity contribution in [1.29, 1.82) is 0 Å². The first-order valence-corrected chi connectivity index (χ1v) is 6.00. The van der Waals surface area contributed by atoms with Crippen LogP contribution in [0, 0.1) is 5.92 Å². The van der Waals surface area contributed by atoms with Crippen molar-refractivity contribution in [3.05, 3.63) is 29.0 Å². The molecule has 1 saturated carbocycles. The summed E-state index contributed by atoms with van der Waals surface area (Å²) in [5, 5.41) is 0.369. The van der Waals surface area contributed by atoms with Gasteiger partial charge in [0.05, 0.1) is 0 Å². The number of amides is 1. The van der Waals surface area contributed by atoms with Gasteiger partial charge in [-0.2, -0.15) is 0 Å². The van der Waals surface area contributed by atoms with Crippen LogP contribution in [0.4, 0.5) is 0 Å².